The molecule has 0 heterocycles. The van der Waals surface area contributed by atoms with Crippen molar-refractivity contribution in [1.82, 2.24) is 10.2 Å². The van der Waals surface area contributed by atoms with E-state index in [1.54, 1.807) is 26.2 Å². The lowest BCUT2D eigenvalue weighted by Gasteiger charge is -2.18. The molecule has 29 heavy (non-hydrogen) atoms. The number of nitro groups is 1. The molecule has 0 aliphatic carbocycles. The van der Waals surface area contributed by atoms with Crippen LogP contribution < -0.4 is 14.8 Å². The van der Waals surface area contributed by atoms with Gasteiger partial charge in [-0.05, 0) is 30.8 Å². The smallest absolute Gasteiger partial charge is 0.414 e. The van der Waals surface area contributed by atoms with Crippen molar-refractivity contribution in [2.75, 3.05) is 27.7 Å². The lowest BCUT2D eigenvalue weighted by molar-refractivity contribution is -0.384. The van der Waals surface area contributed by atoms with Gasteiger partial charge in [-0.25, -0.2) is 4.79 Å². The van der Waals surface area contributed by atoms with Gasteiger partial charge >= 0.3 is 6.09 Å². The number of nitrogens with one attached hydrogen (secondary N) is 1. The van der Waals surface area contributed by atoms with Crippen molar-refractivity contribution in [2.45, 2.75) is 12.5 Å². The molecular weight excluding hydrogens is 421 g/mol. The highest BCUT2D eigenvalue weighted by Gasteiger charge is 2.13. The second-order valence-electron chi connectivity index (χ2n) is 6.18. The van der Waals surface area contributed by atoms with E-state index in [0.29, 0.717) is 24.5 Å². The van der Waals surface area contributed by atoms with Crippen molar-refractivity contribution >= 4 is 35.8 Å². The van der Waals surface area contributed by atoms with E-state index in [9.17, 15) is 14.9 Å². The number of non-ortho nitro benzene ring substituents is 1. The van der Waals surface area contributed by atoms with E-state index < -0.39 is 11.0 Å². The SMILES string of the molecule is CN[C@@H](CCOc1ccc([N+](=O)[O-])cc1Cl)c1ccc(OC(=O)N(C)C)cc1.Cl. The number of amides is 1. The predicted molar refractivity (Wildman–Crippen MR) is 113 cm³/mol. The van der Waals surface area contributed by atoms with Gasteiger partial charge in [0.15, 0.2) is 0 Å². The first kappa shape index (κ1) is 24.5. The van der Waals surface area contributed by atoms with Crippen molar-refractivity contribution < 1.29 is 19.2 Å². The minimum absolute atomic E-state index is 0. The molecule has 0 bridgehead atoms. The van der Waals surface area contributed by atoms with Gasteiger partial charge in [0.1, 0.15) is 11.5 Å². The molecule has 1 amide bonds. The average molecular weight is 444 g/mol. The average Bonchev–Trinajstić information content (AvgIpc) is 2.67. The van der Waals surface area contributed by atoms with Crippen LogP contribution in [0.3, 0.4) is 0 Å². The van der Waals surface area contributed by atoms with Crippen molar-refractivity contribution in [3.8, 4) is 11.5 Å². The van der Waals surface area contributed by atoms with Crippen molar-refractivity contribution in [1.29, 1.82) is 0 Å². The number of carbonyl (C=O) groups is 1. The number of halogens is 2. The first-order chi connectivity index (χ1) is 13.3. The molecule has 158 valence electrons. The molecule has 10 heteroatoms. The summed E-state index contributed by atoms with van der Waals surface area (Å²) >= 11 is 6.03. The fourth-order valence-corrected chi connectivity index (χ4v) is 2.67. The zero-order valence-corrected chi connectivity index (χ0v) is 17.8. The second-order valence-corrected chi connectivity index (χ2v) is 6.59. The van der Waals surface area contributed by atoms with Crippen molar-refractivity contribution in [2.24, 2.45) is 0 Å². The zero-order valence-electron chi connectivity index (χ0n) is 16.3. The Morgan fingerprint density at radius 2 is 1.90 bits per heavy atom. The molecule has 0 unspecified atom stereocenters. The maximum absolute atomic E-state index is 11.6. The number of benzene rings is 2. The Kier molecular flexibility index (Phi) is 9.67. The predicted octanol–water partition coefficient (Wildman–Crippen LogP) is 4.46. The summed E-state index contributed by atoms with van der Waals surface area (Å²) in [6.07, 6.45) is 0.201. The number of carbonyl (C=O) groups excluding carboxylic acids is 1. The van der Waals surface area contributed by atoms with Crippen molar-refractivity contribution in [3.63, 3.8) is 0 Å². The van der Waals surface area contributed by atoms with E-state index in [0.717, 1.165) is 5.56 Å². The fraction of sp³-hybridized carbons (Fsp3) is 0.316. The number of ether oxygens (including phenoxy) is 2. The number of nitrogens with zero attached hydrogens (tertiary/aromatic N) is 2. The van der Waals surface area contributed by atoms with E-state index in [4.69, 9.17) is 21.1 Å². The Hall–Kier alpha value is -2.55. The standard InChI is InChI=1S/C19H22ClN3O5.ClH/c1-21-17(13-4-7-15(8-5-13)28-19(24)22(2)3)10-11-27-18-9-6-14(23(25)26)12-16(18)20;/h4-9,12,17,21H,10-11H2,1-3H3;1H/t17-;/m0./s1. The van der Waals surface area contributed by atoms with Crippen LogP contribution in [-0.4, -0.2) is 43.7 Å². The third-order valence-corrected chi connectivity index (χ3v) is 4.29. The van der Waals surface area contributed by atoms with E-state index in [1.165, 1.54) is 23.1 Å². The van der Waals surface area contributed by atoms with Crippen LogP contribution in [0, 0.1) is 10.1 Å². The summed E-state index contributed by atoms with van der Waals surface area (Å²) in [7, 11) is 5.07. The van der Waals surface area contributed by atoms with Gasteiger partial charge in [-0.2, -0.15) is 0 Å². The molecule has 1 atom stereocenters. The van der Waals surface area contributed by atoms with Crippen LogP contribution in [0.15, 0.2) is 42.5 Å². The van der Waals surface area contributed by atoms with E-state index in [-0.39, 0.29) is 29.2 Å². The molecular formula is C19H23Cl2N3O5. The van der Waals surface area contributed by atoms with Crippen LogP contribution in [0.25, 0.3) is 0 Å². The third-order valence-electron chi connectivity index (χ3n) is 3.99. The minimum Gasteiger partial charge on any atom is -0.492 e. The van der Waals surface area contributed by atoms with Gasteiger partial charge < -0.3 is 19.7 Å². The van der Waals surface area contributed by atoms with Gasteiger partial charge in [0.25, 0.3) is 5.69 Å². The van der Waals surface area contributed by atoms with Gasteiger partial charge in [-0.1, -0.05) is 23.7 Å². The lowest BCUT2D eigenvalue weighted by atomic mass is 10.0. The normalized spacial score (nSPS) is 11.2. The van der Waals surface area contributed by atoms with Crippen LogP contribution in [0.4, 0.5) is 10.5 Å². The molecule has 0 aliphatic heterocycles. The monoisotopic (exact) mass is 443 g/mol. The molecule has 0 saturated heterocycles. The minimum atomic E-state index is -0.508. The molecule has 0 aliphatic rings. The summed E-state index contributed by atoms with van der Waals surface area (Å²) in [6.45, 7) is 0.362. The fourth-order valence-electron chi connectivity index (χ4n) is 2.45. The summed E-state index contributed by atoms with van der Waals surface area (Å²) in [5.74, 6) is 0.860. The van der Waals surface area contributed by atoms with Crippen LogP contribution in [-0.2, 0) is 0 Å². The first-order valence-corrected chi connectivity index (χ1v) is 8.92. The number of hydrogen-bond acceptors (Lipinski definition) is 6. The summed E-state index contributed by atoms with van der Waals surface area (Å²) in [6, 6.07) is 11.3. The van der Waals surface area contributed by atoms with Crippen LogP contribution >= 0.6 is 24.0 Å². The Morgan fingerprint density at radius 3 is 2.41 bits per heavy atom. The van der Waals surface area contributed by atoms with Crippen LogP contribution in [0.5, 0.6) is 11.5 Å². The Labute approximate surface area is 180 Å². The highest BCUT2D eigenvalue weighted by molar-refractivity contribution is 6.32. The van der Waals surface area contributed by atoms with E-state index >= 15 is 0 Å². The summed E-state index contributed by atoms with van der Waals surface area (Å²) in [4.78, 5) is 23.2. The molecule has 2 rings (SSSR count). The Morgan fingerprint density at radius 1 is 1.24 bits per heavy atom. The number of hydrogen-bond donors (Lipinski definition) is 1. The lowest BCUT2D eigenvalue weighted by Crippen LogP contribution is -2.25. The van der Waals surface area contributed by atoms with Gasteiger partial charge in [0, 0.05) is 38.7 Å². The quantitative estimate of drug-likeness (QED) is 0.477. The zero-order chi connectivity index (χ0) is 20.7. The van der Waals surface area contributed by atoms with Gasteiger partial charge in [0.05, 0.1) is 16.6 Å². The maximum Gasteiger partial charge on any atom is 0.414 e. The van der Waals surface area contributed by atoms with E-state index in [2.05, 4.69) is 5.32 Å². The highest BCUT2D eigenvalue weighted by atomic mass is 35.5. The van der Waals surface area contributed by atoms with Gasteiger partial charge in [-0.15, -0.1) is 12.4 Å². The number of rotatable bonds is 8. The molecule has 2 aromatic rings. The Balaban J connectivity index is 0.00000420. The molecule has 8 nitrogen and oxygen atoms in total. The topological polar surface area (TPSA) is 93.9 Å². The molecule has 0 fully saturated rings. The van der Waals surface area contributed by atoms with Crippen molar-refractivity contribution in [3.05, 3.63) is 63.2 Å². The first-order valence-electron chi connectivity index (χ1n) is 8.55. The summed E-state index contributed by atoms with van der Waals surface area (Å²) < 4.78 is 10.9. The summed E-state index contributed by atoms with van der Waals surface area (Å²) in [5.41, 5.74) is 0.922. The molecule has 0 spiro atoms. The largest absolute Gasteiger partial charge is 0.492 e. The van der Waals surface area contributed by atoms with Crippen LogP contribution in [0.1, 0.15) is 18.0 Å². The summed E-state index contributed by atoms with van der Waals surface area (Å²) in [5, 5.41) is 14.1. The Bertz CT molecular complexity index is 831. The highest BCUT2D eigenvalue weighted by Crippen LogP contribution is 2.29. The van der Waals surface area contributed by atoms with Gasteiger partial charge in [0.2, 0.25) is 0 Å². The molecule has 0 saturated carbocycles. The molecule has 0 radical (unpaired) electrons. The molecule has 1 N–H and O–H groups in total. The molecule has 0 aromatic heterocycles. The second kappa shape index (κ2) is 11.5. The maximum atomic E-state index is 11.6. The van der Waals surface area contributed by atoms with E-state index in [1.807, 2.05) is 19.2 Å². The third kappa shape index (κ3) is 7.08. The molecule has 2 aromatic carbocycles. The van der Waals surface area contributed by atoms with Gasteiger partial charge in [-0.3, -0.25) is 10.1 Å². The van der Waals surface area contributed by atoms with Crippen LogP contribution in [0.2, 0.25) is 5.02 Å². The number of nitro benzene ring substituents is 1.